The number of hydrogen-bond donors (Lipinski definition) is 0. The number of rotatable bonds is 4. The monoisotopic (exact) mass is 493 g/mol. The molecule has 11 heteroatoms. The highest BCUT2D eigenvalue weighted by Gasteiger charge is 2.67. The van der Waals surface area contributed by atoms with E-state index in [4.69, 9.17) is 18.6 Å². The molecular weight excluding hydrogens is 470 g/mol. The number of likely N-dealkylation sites (tertiary alicyclic amines) is 1. The van der Waals surface area contributed by atoms with Crippen LogP contribution in [-0.2, 0) is 34.0 Å². The van der Waals surface area contributed by atoms with Gasteiger partial charge in [0.1, 0.15) is 11.9 Å². The molecule has 5 rings (SSSR count). The number of nitrogens with zero attached hydrogens (tertiary/aromatic N) is 3. The number of methoxy groups -OCH3 is 3. The second-order valence-electron chi connectivity index (χ2n) is 8.58. The fourth-order valence-electron chi connectivity index (χ4n) is 5.63. The van der Waals surface area contributed by atoms with Crippen LogP contribution in [0, 0.1) is 0 Å². The molecule has 1 spiro atoms. The summed E-state index contributed by atoms with van der Waals surface area (Å²) in [6.45, 7) is 0. The number of anilines is 1. The van der Waals surface area contributed by atoms with Crippen LogP contribution in [0.5, 0.6) is 0 Å². The summed E-state index contributed by atoms with van der Waals surface area (Å²) < 4.78 is 20.4. The Balaban J connectivity index is 1.85. The van der Waals surface area contributed by atoms with E-state index < -0.39 is 41.3 Å². The maximum absolute atomic E-state index is 13.7. The molecule has 1 amide bonds. The summed E-state index contributed by atoms with van der Waals surface area (Å²) in [6, 6.07) is 8.45. The van der Waals surface area contributed by atoms with Crippen molar-refractivity contribution in [2.24, 2.45) is 4.99 Å². The van der Waals surface area contributed by atoms with Crippen LogP contribution in [0.4, 0.5) is 5.69 Å². The molecule has 1 saturated heterocycles. The average Bonchev–Trinajstić information content (AvgIpc) is 3.62. The van der Waals surface area contributed by atoms with Gasteiger partial charge in [0.2, 0.25) is 0 Å². The number of furan rings is 1. The number of fused-ring (bicyclic) bond motifs is 1. The van der Waals surface area contributed by atoms with Crippen molar-refractivity contribution in [3.05, 3.63) is 65.3 Å². The van der Waals surface area contributed by atoms with Gasteiger partial charge in [0.25, 0.3) is 5.91 Å². The SMILES string of the molecule is COC(=O)C1=C(C(=O)OC)[C@@H]2N(C)c3ccccc3[C@@]23C[C@@H](C(=O)OC)N(C(=O)c2ccco2)C3=N1. The fourth-order valence-corrected chi connectivity index (χ4v) is 5.63. The van der Waals surface area contributed by atoms with Crippen molar-refractivity contribution in [1.29, 1.82) is 0 Å². The molecule has 3 atom stereocenters. The van der Waals surface area contributed by atoms with Crippen LogP contribution in [0.1, 0.15) is 22.5 Å². The standard InChI is InChI=1S/C25H23N3O8/c1-27-14-9-6-5-8-13(14)25-12-15(21(30)33-2)28(20(29)16-10-7-11-36-16)24(25)26-18(23(32)35-4)17(19(25)27)22(31)34-3/h5-11,15,19H,12H2,1-4H3/t15-,19-,25-/m0/s1. The van der Waals surface area contributed by atoms with Crippen molar-refractivity contribution in [2.75, 3.05) is 33.3 Å². The van der Waals surface area contributed by atoms with Gasteiger partial charge in [0.15, 0.2) is 11.5 Å². The van der Waals surface area contributed by atoms with Crippen LogP contribution >= 0.6 is 0 Å². The molecule has 0 saturated carbocycles. The Bertz CT molecular complexity index is 1340. The third-order valence-electron chi connectivity index (χ3n) is 7.03. The number of likely N-dealkylation sites (N-methyl/N-ethyl adjacent to an activating group) is 1. The van der Waals surface area contributed by atoms with Gasteiger partial charge in [-0.05, 0) is 30.2 Å². The van der Waals surface area contributed by atoms with E-state index >= 15 is 0 Å². The molecule has 0 unspecified atom stereocenters. The zero-order valence-electron chi connectivity index (χ0n) is 20.0. The van der Waals surface area contributed by atoms with Crippen LogP contribution in [-0.4, -0.2) is 75.0 Å². The molecule has 11 nitrogen and oxygen atoms in total. The Morgan fingerprint density at radius 1 is 1.00 bits per heavy atom. The van der Waals surface area contributed by atoms with E-state index in [9.17, 15) is 19.2 Å². The van der Waals surface area contributed by atoms with E-state index in [0.717, 1.165) is 18.4 Å². The van der Waals surface area contributed by atoms with Crippen LogP contribution in [0.3, 0.4) is 0 Å². The summed E-state index contributed by atoms with van der Waals surface area (Å²) >= 11 is 0. The maximum atomic E-state index is 13.7. The van der Waals surface area contributed by atoms with Gasteiger partial charge in [-0.25, -0.2) is 19.4 Å². The molecule has 36 heavy (non-hydrogen) atoms. The van der Waals surface area contributed by atoms with Crippen molar-refractivity contribution in [2.45, 2.75) is 23.9 Å². The highest BCUT2D eigenvalue weighted by atomic mass is 16.5. The Labute approximate surface area is 205 Å². The summed E-state index contributed by atoms with van der Waals surface area (Å²) in [7, 11) is 5.36. The lowest BCUT2D eigenvalue weighted by molar-refractivity contribution is -0.144. The summed E-state index contributed by atoms with van der Waals surface area (Å²) in [5.74, 6) is -2.87. The molecule has 0 bridgehead atoms. The Morgan fingerprint density at radius 3 is 2.36 bits per heavy atom. The van der Waals surface area contributed by atoms with Gasteiger partial charge in [-0.1, -0.05) is 18.2 Å². The van der Waals surface area contributed by atoms with Crippen molar-refractivity contribution in [3.8, 4) is 0 Å². The molecule has 1 aromatic carbocycles. The quantitative estimate of drug-likeness (QED) is 0.459. The number of para-hydroxylation sites is 1. The van der Waals surface area contributed by atoms with Crippen molar-refractivity contribution < 1.29 is 37.8 Å². The molecule has 0 radical (unpaired) electrons. The fraction of sp³-hybridized carbons (Fsp3) is 0.320. The highest BCUT2D eigenvalue weighted by molar-refractivity contribution is 6.19. The van der Waals surface area contributed by atoms with Crippen molar-refractivity contribution in [1.82, 2.24) is 4.90 Å². The zero-order valence-corrected chi connectivity index (χ0v) is 20.0. The predicted octanol–water partition coefficient (Wildman–Crippen LogP) is 1.44. The summed E-state index contributed by atoms with van der Waals surface area (Å²) in [6.07, 6.45) is 1.39. The third-order valence-corrected chi connectivity index (χ3v) is 7.03. The van der Waals surface area contributed by atoms with Gasteiger partial charge >= 0.3 is 17.9 Å². The molecule has 4 heterocycles. The number of carbonyl (C=O) groups is 4. The molecular formula is C25H23N3O8. The van der Waals surface area contributed by atoms with Crippen molar-refractivity contribution in [3.63, 3.8) is 0 Å². The van der Waals surface area contributed by atoms with Gasteiger partial charge in [0, 0.05) is 12.7 Å². The number of ether oxygens (including phenoxy) is 3. The van der Waals surface area contributed by atoms with Gasteiger partial charge in [-0.2, -0.15) is 0 Å². The lowest BCUT2D eigenvalue weighted by atomic mass is 9.69. The molecule has 1 aromatic heterocycles. The van der Waals surface area contributed by atoms with E-state index in [1.807, 2.05) is 29.2 Å². The number of amidine groups is 1. The Kier molecular flexibility index (Phi) is 5.42. The average molecular weight is 493 g/mol. The molecule has 0 aliphatic carbocycles. The normalized spacial score (nSPS) is 23.9. The first kappa shape index (κ1) is 23.3. The lowest BCUT2D eigenvalue weighted by Crippen LogP contribution is -2.55. The summed E-state index contributed by atoms with van der Waals surface area (Å²) in [4.78, 5) is 60.4. The molecule has 3 aliphatic rings. The minimum atomic E-state index is -1.16. The first-order chi connectivity index (χ1) is 17.3. The predicted molar refractivity (Wildman–Crippen MR) is 124 cm³/mol. The number of esters is 3. The third kappa shape index (κ3) is 2.95. The van der Waals surface area contributed by atoms with Gasteiger partial charge < -0.3 is 23.5 Å². The largest absolute Gasteiger partial charge is 0.467 e. The van der Waals surface area contributed by atoms with Crippen LogP contribution in [0.25, 0.3) is 0 Å². The summed E-state index contributed by atoms with van der Waals surface area (Å²) in [5, 5.41) is 0. The van der Waals surface area contributed by atoms with E-state index in [0.29, 0.717) is 0 Å². The number of benzene rings is 1. The first-order valence-electron chi connectivity index (χ1n) is 11.1. The minimum absolute atomic E-state index is 0.0253. The second kappa shape index (κ2) is 8.36. The zero-order chi connectivity index (χ0) is 25.8. The highest BCUT2D eigenvalue weighted by Crippen LogP contribution is 2.57. The van der Waals surface area contributed by atoms with Crippen LogP contribution in [0.2, 0.25) is 0 Å². The molecule has 186 valence electrons. The lowest BCUT2D eigenvalue weighted by Gasteiger charge is -2.39. The maximum Gasteiger partial charge on any atom is 0.357 e. The first-order valence-corrected chi connectivity index (χ1v) is 11.1. The van der Waals surface area contributed by atoms with Crippen molar-refractivity contribution >= 4 is 35.3 Å². The summed E-state index contributed by atoms with van der Waals surface area (Å²) in [5.41, 5.74) is 0.00184. The van der Waals surface area contributed by atoms with Crippen LogP contribution in [0.15, 0.2) is 63.3 Å². The van der Waals surface area contributed by atoms with Gasteiger partial charge in [-0.15, -0.1) is 0 Å². The van der Waals surface area contributed by atoms with E-state index in [2.05, 4.69) is 4.99 Å². The van der Waals surface area contributed by atoms with E-state index in [-0.39, 0.29) is 29.3 Å². The van der Waals surface area contributed by atoms with Gasteiger partial charge in [-0.3, -0.25) is 9.69 Å². The number of hydrogen-bond acceptors (Lipinski definition) is 10. The number of carbonyl (C=O) groups excluding carboxylic acids is 4. The second-order valence-corrected chi connectivity index (χ2v) is 8.58. The molecule has 3 aliphatic heterocycles. The van der Waals surface area contributed by atoms with Gasteiger partial charge in [0.05, 0.1) is 44.6 Å². The molecule has 2 aromatic rings. The van der Waals surface area contributed by atoms with E-state index in [1.54, 1.807) is 13.1 Å². The minimum Gasteiger partial charge on any atom is -0.467 e. The molecule has 0 N–H and O–H groups in total. The smallest absolute Gasteiger partial charge is 0.357 e. The van der Waals surface area contributed by atoms with Crippen LogP contribution < -0.4 is 4.90 Å². The Morgan fingerprint density at radius 2 is 1.72 bits per heavy atom. The topological polar surface area (TPSA) is 128 Å². The number of aliphatic imine (C=N–C) groups is 1. The number of amides is 1. The van der Waals surface area contributed by atoms with E-state index in [1.165, 1.54) is 31.4 Å². The molecule has 1 fully saturated rings. The Hall–Kier alpha value is -4.41.